The van der Waals surface area contributed by atoms with Crippen molar-refractivity contribution in [3.05, 3.63) is 57.0 Å². The maximum atomic E-state index is 13.6. The first-order chi connectivity index (χ1) is 16.8. The molecule has 198 valence electrons. The zero-order valence-corrected chi connectivity index (χ0v) is 23.8. The lowest BCUT2D eigenvalue weighted by atomic mass is 10.1. The van der Waals surface area contributed by atoms with Crippen molar-refractivity contribution in [2.24, 2.45) is 0 Å². The lowest BCUT2D eigenvalue weighted by Gasteiger charge is -2.32. The summed E-state index contributed by atoms with van der Waals surface area (Å²) in [6.07, 6.45) is 1.66. The lowest BCUT2D eigenvalue weighted by molar-refractivity contribution is -0.139. The normalized spacial score (nSPS) is 13.0. The molecular formula is C24H30Cl3N3O5S. The summed E-state index contributed by atoms with van der Waals surface area (Å²) < 4.78 is 31.4. The fraction of sp³-hybridized carbons (Fsp3) is 0.417. The largest absolute Gasteiger partial charge is 0.497 e. The molecule has 0 heterocycles. The van der Waals surface area contributed by atoms with Crippen molar-refractivity contribution in [2.45, 2.75) is 45.8 Å². The molecule has 0 saturated heterocycles. The molecule has 8 nitrogen and oxygen atoms in total. The molecule has 2 atom stereocenters. The van der Waals surface area contributed by atoms with E-state index >= 15 is 0 Å². The lowest BCUT2D eigenvalue weighted by Crippen LogP contribution is -2.52. The van der Waals surface area contributed by atoms with Crippen LogP contribution in [-0.4, -0.2) is 57.1 Å². The fourth-order valence-electron chi connectivity index (χ4n) is 3.27. The van der Waals surface area contributed by atoms with E-state index in [1.165, 1.54) is 17.0 Å². The monoisotopic (exact) mass is 577 g/mol. The summed E-state index contributed by atoms with van der Waals surface area (Å²) >= 11 is 18.3. The quantitative estimate of drug-likeness (QED) is 0.388. The SMILES string of the molecule is CC[C@@H](C)NC(=O)[C@H](C)N(Cc1ccc(OC)cc1)C(=O)CN(c1cc(Cl)c(Cl)cc1Cl)S(C)(=O)=O. The number of carbonyl (C=O) groups excluding carboxylic acids is 2. The van der Waals surface area contributed by atoms with E-state index in [0.717, 1.165) is 16.1 Å². The van der Waals surface area contributed by atoms with Crippen molar-refractivity contribution in [3.63, 3.8) is 0 Å². The van der Waals surface area contributed by atoms with Crippen LogP contribution in [0.3, 0.4) is 0 Å². The average molecular weight is 579 g/mol. The van der Waals surface area contributed by atoms with Crippen LogP contribution in [0.2, 0.25) is 15.1 Å². The first kappa shape index (κ1) is 30.0. The Morgan fingerprint density at radius 3 is 2.14 bits per heavy atom. The van der Waals surface area contributed by atoms with Gasteiger partial charge in [0.15, 0.2) is 0 Å². The Bertz CT molecular complexity index is 1190. The van der Waals surface area contributed by atoms with Crippen LogP contribution in [-0.2, 0) is 26.2 Å². The van der Waals surface area contributed by atoms with Gasteiger partial charge >= 0.3 is 0 Å². The topological polar surface area (TPSA) is 96.0 Å². The van der Waals surface area contributed by atoms with Gasteiger partial charge in [0.05, 0.1) is 34.1 Å². The molecule has 0 fully saturated rings. The molecule has 2 rings (SSSR count). The highest BCUT2D eigenvalue weighted by atomic mass is 35.5. The van der Waals surface area contributed by atoms with Crippen LogP contribution in [0.4, 0.5) is 5.69 Å². The minimum atomic E-state index is -3.97. The van der Waals surface area contributed by atoms with Crippen molar-refractivity contribution in [1.82, 2.24) is 10.2 Å². The highest BCUT2D eigenvalue weighted by Gasteiger charge is 2.31. The van der Waals surface area contributed by atoms with E-state index in [9.17, 15) is 18.0 Å². The summed E-state index contributed by atoms with van der Waals surface area (Å²) in [4.78, 5) is 27.8. The summed E-state index contributed by atoms with van der Waals surface area (Å²) in [5.74, 6) is -0.327. The number of amides is 2. The fourth-order valence-corrected chi connectivity index (χ4v) is 4.82. The van der Waals surface area contributed by atoms with Gasteiger partial charge in [-0.3, -0.25) is 13.9 Å². The highest BCUT2D eigenvalue weighted by molar-refractivity contribution is 7.92. The number of nitrogens with zero attached hydrogens (tertiary/aromatic N) is 2. The Morgan fingerprint density at radius 1 is 1.03 bits per heavy atom. The Morgan fingerprint density at radius 2 is 1.61 bits per heavy atom. The molecule has 0 aliphatic carbocycles. The van der Waals surface area contributed by atoms with Crippen LogP contribution >= 0.6 is 34.8 Å². The van der Waals surface area contributed by atoms with E-state index < -0.39 is 28.5 Å². The number of rotatable bonds is 11. The van der Waals surface area contributed by atoms with Gasteiger partial charge in [0.25, 0.3) is 0 Å². The maximum Gasteiger partial charge on any atom is 0.244 e. The third-order valence-electron chi connectivity index (χ3n) is 5.62. The Labute approximate surface area is 227 Å². The maximum absolute atomic E-state index is 13.6. The number of anilines is 1. The van der Waals surface area contributed by atoms with E-state index in [-0.39, 0.29) is 39.2 Å². The number of sulfonamides is 1. The van der Waals surface area contributed by atoms with Gasteiger partial charge in [0.2, 0.25) is 21.8 Å². The molecule has 12 heteroatoms. The molecule has 1 N–H and O–H groups in total. The van der Waals surface area contributed by atoms with Crippen LogP contribution < -0.4 is 14.4 Å². The second-order valence-corrected chi connectivity index (χ2v) is 11.5. The Kier molecular flexibility index (Phi) is 10.7. The van der Waals surface area contributed by atoms with E-state index in [4.69, 9.17) is 39.5 Å². The van der Waals surface area contributed by atoms with E-state index in [2.05, 4.69) is 5.32 Å². The predicted octanol–water partition coefficient (Wildman–Crippen LogP) is 4.75. The van der Waals surface area contributed by atoms with Crippen LogP contribution in [0.15, 0.2) is 36.4 Å². The number of benzene rings is 2. The van der Waals surface area contributed by atoms with Gasteiger partial charge in [-0.2, -0.15) is 0 Å². The minimum absolute atomic E-state index is 0.00280. The third kappa shape index (κ3) is 7.90. The van der Waals surface area contributed by atoms with Crippen LogP contribution in [0.25, 0.3) is 0 Å². The molecule has 36 heavy (non-hydrogen) atoms. The molecule has 2 amide bonds. The summed E-state index contributed by atoms with van der Waals surface area (Å²) in [5, 5.41) is 3.09. The number of hydrogen-bond donors (Lipinski definition) is 1. The van der Waals surface area contributed by atoms with Crippen LogP contribution in [0.5, 0.6) is 5.75 Å². The standard InChI is InChI=1S/C24H30Cl3N3O5S/c1-6-15(2)28-24(32)16(3)29(13-17-7-9-18(35-4)10-8-17)23(31)14-30(36(5,33)34)22-12-20(26)19(25)11-21(22)27/h7-12,15-16H,6,13-14H2,1-5H3,(H,28,32)/t15-,16+/m1/s1. The predicted molar refractivity (Wildman–Crippen MR) is 145 cm³/mol. The van der Waals surface area contributed by atoms with Crippen molar-refractivity contribution in [1.29, 1.82) is 0 Å². The number of nitrogens with one attached hydrogen (secondary N) is 1. The minimum Gasteiger partial charge on any atom is -0.497 e. The van der Waals surface area contributed by atoms with E-state index in [1.54, 1.807) is 38.3 Å². The molecule has 2 aromatic carbocycles. The van der Waals surface area contributed by atoms with Crippen LogP contribution in [0, 0.1) is 0 Å². The zero-order chi connectivity index (χ0) is 27.2. The molecule has 2 aromatic rings. The summed E-state index contributed by atoms with van der Waals surface area (Å²) in [6.45, 7) is 4.84. The number of carbonyl (C=O) groups is 2. The molecule has 0 spiro atoms. The molecular weight excluding hydrogens is 549 g/mol. The van der Waals surface area contributed by atoms with E-state index in [1.807, 2.05) is 13.8 Å². The third-order valence-corrected chi connectivity index (χ3v) is 7.77. The van der Waals surface area contributed by atoms with Crippen LogP contribution in [0.1, 0.15) is 32.8 Å². The van der Waals surface area contributed by atoms with Gasteiger partial charge in [-0.25, -0.2) is 8.42 Å². The molecule has 0 aromatic heterocycles. The molecule has 0 aliphatic heterocycles. The van der Waals surface area contributed by atoms with Crippen molar-refractivity contribution >= 4 is 62.3 Å². The molecule has 0 radical (unpaired) electrons. The summed E-state index contributed by atoms with van der Waals surface area (Å²) in [6, 6.07) is 8.61. The number of hydrogen-bond acceptors (Lipinski definition) is 5. The Balaban J connectivity index is 2.45. The van der Waals surface area contributed by atoms with Crippen molar-refractivity contribution in [2.75, 3.05) is 24.2 Å². The van der Waals surface area contributed by atoms with E-state index in [0.29, 0.717) is 12.2 Å². The first-order valence-electron chi connectivity index (χ1n) is 11.1. The molecule has 0 saturated carbocycles. The second kappa shape index (κ2) is 12.9. The molecule has 0 bridgehead atoms. The van der Waals surface area contributed by atoms with Gasteiger partial charge < -0.3 is 15.0 Å². The van der Waals surface area contributed by atoms with Gasteiger partial charge in [0.1, 0.15) is 18.3 Å². The molecule has 0 aliphatic rings. The Hall–Kier alpha value is -2.20. The summed E-state index contributed by atoms with van der Waals surface area (Å²) in [5.41, 5.74) is 0.730. The van der Waals surface area contributed by atoms with Gasteiger partial charge in [-0.1, -0.05) is 53.9 Å². The average Bonchev–Trinajstić information content (AvgIpc) is 2.82. The second-order valence-electron chi connectivity index (χ2n) is 8.35. The summed E-state index contributed by atoms with van der Waals surface area (Å²) in [7, 11) is -2.43. The van der Waals surface area contributed by atoms with Crippen molar-refractivity contribution < 1.29 is 22.7 Å². The van der Waals surface area contributed by atoms with Gasteiger partial charge in [0, 0.05) is 12.6 Å². The smallest absolute Gasteiger partial charge is 0.244 e. The number of ether oxygens (including phenoxy) is 1. The van der Waals surface area contributed by atoms with Gasteiger partial charge in [-0.05, 0) is 50.1 Å². The molecule has 0 unspecified atom stereocenters. The first-order valence-corrected chi connectivity index (χ1v) is 14.1. The number of methoxy groups -OCH3 is 1. The highest BCUT2D eigenvalue weighted by Crippen LogP contribution is 2.35. The van der Waals surface area contributed by atoms with Crippen molar-refractivity contribution in [3.8, 4) is 5.75 Å². The number of halogens is 3. The van der Waals surface area contributed by atoms with Gasteiger partial charge in [-0.15, -0.1) is 0 Å². The zero-order valence-electron chi connectivity index (χ0n) is 20.7.